The molecular weight excluding hydrogens is 776 g/mol. The number of phenolic OH excluding ortho intramolecular Hbond substituents is 11. The molecule has 0 amide bonds. The number of carboxylic acids is 1. The lowest BCUT2D eigenvalue weighted by Gasteiger charge is -2.41. The Morgan fingerprint density at radius 3 is 1.81 bits per heavy atom. The Morgan fingerprint density at radius 2 is 1.19 bits per heavy atom. The summed E-state index contributed by atoms with van der Waals surface area (Å²) in [6.07, 6.45) is -10.8. The number of aliphatic hydroxyl groups excluding tert-OH is 2. The molecule has 6 rings (SSSR count). The third kappa shape index (κ3) is 6.58. The van der Waals surface area contributed by atoms with Gasteiger partial charge < -0.3 is 95.2 Å². The number of hydrogen-bond donors (Lipinski definition) is 14. The molecule has 4 aromatic carbocycles. The Balaban J connectivity index is 1.51. The molecule has 0 aliphatic carbocycles. The van der Waals surface area contributed by atoms with Crippen molar-refractivity contribution in [3.8, 4) is 85.9 Å². The Morgan fingerprint density at radius 1 is 0.649 bits per heavy atom. The number of phenols is 11. The van der Waals surface area contributed by atoms with Crippen molar-refractivity contribution >= 4 is 23.9 Å². The Kier molecular flexibility index (Phi) is 9.67. The van der Waals surface area contributed by atoms with Gasteiger partial charge in [-0.15, -0.1) is 0 Å². The largest absolute Gasteiger partial charge is 0.504 e. The van der Waals surface area contributed by atoms with Crippen LogP contribution in [0, 0.1) is 0 Å². The van der Waals surface area contributed by atoms with E-state index in [0.29, 0.717) is 30.3 Å². The third-order valence-electron chi connectivity index (χ3n) is 8.64. The molecule has 4 aromatic rings. The van der Waals surface area contributed by atoms with Gasteiger partial charge in [0.15, 0.2) is 70.2 Å². The second-order valence-electron chi connectivity index (χ2n) is 12.1. The number of rotatable bonds is 5. The number of ether oxygens (including phenoxy) is 5. The quantitative estimate of drug-likeness (QED) is 0.0746. The van der Waals surface area contributed by atoms with Crippen LogP contribution < -0.4 is 4.74 Å². The topological polar surface area (TPSA) is 398 Å². The molecule has 0 saturated carbocycles. The maximum atomic E-state index is 13.9. The minimum absolute atomic E-state index is 0.423. The first-order valence-electron chi connectivity index (χ1n) is 15.6. The summed E-state index contributed by atoms with van der Waals surface area (Å²) in [6, 6.07) is 2.60. The third-order valence-corrected chi connectivity index (χ3v) is 8.64. The summed E-state index contributed by atoms with van der Waals surface area (Å²) < 4.78 is 26.5. The standard InChI is InChI=1S/C34H26O23/c35-11-1-7(2-12(36)19(11)39)31(49)57-29-26(46)34(52)55-16-6-53-32(50)9-5-15(54-27-10(30(47)48)4-14(38)21(41)25(27)45)22(42)24(44)18(9)17-8(33(51)56-28(16)29)3-13(37)20(40)23(17)43/h1-5,16,26,28-29,34-46,52H,6H2,(H,47,48)/t16-,26-,28-,29-,34+/m1/s1. The van der Waals surface area contributed by atoms with Crippen LogP contribution in [-0.4, -0.2) is 133 Å². The second kappa shape index (κ2) is 14.1. The summed E-state index contributed by atoms with van der Waals surface area (Å²) in [5, 5.41) is 145. The van der Waals surface area contributed by atoms with Gasteiger partial charge in [0.2, 0.25) is 23.0 Å². The van der Waals surface area contributed by atoms with Gasteiger partial charge in [-0.05, 0) is 18.2 Å². The first kappa shape index (κ1) is 38.9. The average molecular weight is 803 g/mol. The van der Waals surface area contributed by atoms with Crippen LogP contribution in [0.3, 0.4) is 0 Å². The zero-order valence-corrected chi connectivity index (χ0v) is 27.9. The highest BCUT2D eigenvalue weighted by Gasteiger charge is 2.51. The Hall–Kier alpha value is -7.76. The van der Waals surface area contributed by atoms with Gasteiger partial charge in [0.1, 0.15) is 24.4 Å². The molecule has 0 bridgehead atoms. The van der Waals surface area contributed by atoms with E-state index in [1.165, 1.54) is 0 Å². The molecule has 2 aliphatic rings. The molecule has 2 heterocycles. The molecule has 57 heavy (non-hydrogen) atoms. The molecule has 0 spiro atoms. The number of esters is 3. The van der Waals surface area contributed by atoms with Crippen molar-refractivity contribution in [1.82, 2.24) is 0 Å². The maximum Gasteiger partial charge on any atom is 0.339 e. The summed E-state index contributed by atoms with van der Waals surface area (Å²) in [5.74, 6) is -22.8. The second-order valence-corrected chi connectivity index (χ2v) is 12.1. The fourth-order valence-corrected chi connectivity index (χ4v) is 5.84. The van der Waals surface area contributed by atoms with Crippen LogP contribution in [-0.2, 0) is 18.9 Å². The molecule has 0 unspecified atom stereocenters. The van der Waals surface area contributed by atoms with Gasteiger partial charge >= 0.3 is 23.9 Å². The molecule has 23 nitrogen and oxygen atoms in total. The highest BCUT2D eigenvalue weighted by molar-refractivity contribution is 6.08. The molecule has 0 aromatic heterocycles. The number of carbonyl (C=O) groups excluding carboxylic acids is 3. The Bertz CT molecular complexity index is 2360. The van der Waals surface area contributed by atoms with Crippen LogP contribution in [0.1, 0.15) is 41.4 Å². The summed E-state index contributed by atoms with van der Waals surface area (Å²) in [7, 11) is 0. The molecule has 1 fully saturated rings. The molecule has 1 saturated heterocycles. The van der Waals surface area contributed by atoms with E-state index in [1.807, 2.05) is 0 Å². The molecule has 14 N–H and O–H groups in total. The Labute approximate surface area is 314 Å². The monoisotopic (exact) mass is 802 g/mol. The first-order chi connectivity index (χ1) is 26.7. The van der Waals surface area contributed by atoms with Crippen molar-refractivity contribution in [3.63, 3.8) is 0 Å². The average Bonchev–Trinajstić information content (AvgIpc) is 3.17. The SMILES string of the molecule is O=C(O[C@@H]1[C@@H](O)[C@@H](O)O[C@@H]2COC(=O)c3cc(Oc4c(C(=O)O)cc(O)c(O)c4O)c(O)c(O)c3-c3c(cc(O)c(O)c3O)C(=O)O[C@@H]12)c1cc(O)c(O)c(O)c1. The van der Waals surface area contributed by atoms with Crippen molar-refractivity contribution in [2.75, 3.05) is 6.61 Å². The van der Waals surface area contributed by atoms with Gasteiger partial charge in [-0.3, -0.25) is 0 Å². The number of aromatic carboxylic acids is 1. The fraction of sp³-hybridized carbons (Fsp3) is 0.176. The van der Waals surface area contributed by atoms with Crippen LogP contribution >= 0.6 is 0 Å². The van der Waals surface area contributed by atoms with Crippen molar-refractivity contribution in [3.05, 3.63) is 52.6 Å². The lowest BCUT2D eigenvalue weighted by Crippen LogP contribution is -2.61. The number of aromatic hydroxyl groups is 11. The van der Waals surface area contributed by atoms with E-state index in [9.17, 15) is 90.7 Å². The number of carboxylic acid groups (broad SMARTS) is 1. The van der Waals surface area contributed by atoms with Crippen molar-refractivity contribution in [2.24, 2.45) is 0 Å². The van der Waals surface area contributed by atoms with Crippen LogP contribution in [0.2, 0.25) is 0 Å². The summed E-state index contributed by atoms with van der Waals surface area (Å²) in [6.45, 7) is -1.11. The molecule has 5 atom stereocenters. The van der Waals surface area contributed by atoms with Gasteiger partial charge in [0.25, 0.3) is 0 Å². The number of aliphatic hydroxyl groups is 2. The molecule has 2 aliphatic heterocycles. The highest BCUT2D eigenvalue weighted by atomic mass is 16.7. The minimum Gasteiger partial charge on any atom is -0.504 e. The van der Waals surface area contributed by atoms with E-state index in [-0.39, 0.29) is 0 Å². The van der Waals surface area contributed by atoms with Crippen molar-refractivity contribution < 1.29 is 114 Å². The van der Waals surface area contributed by atoms with E-state index in [0.717, 1.165) is 0 Å². The van der Waals surface area contributed by atoms with Crippen LogP contribution in [0.5, 0.6) is 74.7 Å². The summed E-state index contributed by atoms with van der Waals surface area (Å²) in [4.78, 5) is 52.8. The van der Waals surface area contributed by atoms with Crippen molar-refractivity contribution in [1.29, 1.82) is 0 Å². The van der Waals surface area contributed by atoms with Gasteiger partial charge in [-0.1, -0.05) is 0 Å². The summed E-state index contributed by atoms with van der Waals surface area (Å²) in [5.41, 5.74) is -5.91. The number of cyclic esters (lactones) is 1. The smallest absolute Gasteiger partial charge is 0.339 e. The zero-order chi connectivity index (χ0) is 41.9. The predicted molar refractivity (Wildman–Crippen MR) is 176 cm³/mol. The van der Waals surface area contributed by atoms with E-state index in [4.69, 9.17) is 23.7 Å². The lowest BCUT2D eigenvalue weighted by molar-refractivity contribution is -0.285. The van der Waals surface area contributed by atoms with Crippen LogP contribution in [0.4, 0.5) is 0 Å². The number of hydrogen-bond acceptors (Lipinski definition) is 22. The van der Waals surface area contributed by atoms with Gasteiger partial charge in [-0.25, -0.2) is 19.2 Å². The van der Waals surface area contributed by atoms with Gasteiger partial charge in [0.05, 0.1) is 16.7 Å². The molecular formula is C34H26O23. The van der Waals surface area contributed by atoms with E-state index >= 15 is 0 Å². The van der Waals surface area contributed by atoms with E-state index < -0.39 is 169 Å². The highest BCUT2D eigenvalue weighted by Crippen LogP contribution is 2.55. The minimum atomic E-state index is -2.29. The number of carbonyl (C=O) groups is 4. The van der Waals surface area contributed by atoms with Crippen LogP contribution in [0.15, 0.2) is 30.3 Å². The summed E-state index contributed by atoms with van der Waals surface area (Å²) >= 11 is 0. The predicted octanol–water partition coefficient (Wildman–Crippen LogP) is 0.605. The zero-order valence-electron chi connectivity index (χ0n) is 27.9. The fourth-order valence-electron chi connectivity index (χ4n) is 5.84. The molecule has 300 valence electrons. The maximum absolute atomic E-state index is 13.9. The van der Waals surface area contributed by atoms with Crippen molar-refractivity contribution in [2.45, 2.75) is 30.7 Å². The van der Waals surface area contributed by atoms with E-state index in [1.54, 1.807) is 0 Å². The molecule has 23 heteroatoms. The normalized spacial score (nSPS) is 20.4. The van der Waals surface area contributed by atoms with Crippen LogP contribution in [0.25, 0.3) is 11.1 Å². The number of fused-ring (bicyclic) bond motifs is 4. The molecule has 0 radical (unpaired) electrons. The van der Waals surface area contributed by atoms with Gasteiger partial charge in [0, 0.05) is 23.3 Å². The lowest BCUT2D eigenvalue weighted by atomic mass is 9.91. The number of benzene rings is 4. The van der Waals surface area contributed by atoms with Gasteiger partial charge in [-0.2, -0.15) is 0 Å². The van der Waals surface area contributed by atoms with E-state index in [2.05, 4.69) is 0 Å². The first-order valence-corrected chi connectivity index (χ1v) is 15.6.